The molecule has 6 nitrogen and oxygen atoms in total. The molecular weight excluding hydrogens is 617 g/mol. The number of carbonyl (C=O) groups is 2. The van der Waals surface area contributed by atoms with E-state index in [0.29, 0.717) is 39.0 Å². The first-order valence-electron chi connectivity index (χ1n) is 21.5. The fourth-order valence-electron chi connectivity index (χ4n) is 6.10. The quantitative estimate of drug-likeness (QED) is 0.0395. The van der Waals surface area contributed by atoms with Gasteiger partial charge in [0.05, 0.1) is 0 Å². The average Bonchev–Trinajstić information content (AvgIpc) is 3.12. The molecule has 0 bridgehead atoms. The van der Waals surface area contributed by atoms with Crippen molar-refractivity contribution < 1.29 is 9.59 Å². The number of amides is 2. The number of nitrogens with two attached hydrogens (primary N) is 1. The fraction of sp³-hybridized carbons (Fsp3) is 0.818. The predicted molar refractivity (Wildman–Crippen MR) is 221 cm³/mol. The van der Waals surface area contributed by atoms with E-state index in [0.717, 1.165) is 25.7 Å². The van der Waals surface area contributed by atoms with E-state index >= 15 is 0 Å². The number of hydrogen-bond acceptors (Lipinski definition) is 4. The van der Waals surface area contributed by atoms with Crippen LogP contribution in [0.5, 0.6) is 0 Å². The number of rotatable bonds is 38. The Bertz CT molecular complexity index is 785. The van der Waals surface area contributed by atoms with Crippen LogP contribution >= 0.6 is 0 Å². The van der Waals surface area contributed by atoms with E-state index in [1.807, 2.05) is 0 Å². The van der Waals surface area contributed by atoms with Gasteiger partial charge in [-0.15, -0.1) is 0 Å². The van der Waals surface area contributed by atoms with Gasteiger partial charge in [0, 0.05) is 51.4 Å². The van der Waals surface area contributed by atoms with Gasteiger partial charge in [0.25, 0.3) is 0 Å². The number of hydrogen-bond donors (Lipinski definition) is 1. The third-order valence-corrected chi connectivity index (χ3v) is 9.39. The monoisotopic (exact) mass is 699 g/mol. The first-order chi connectivity index (χ1) is 24.6. The van der Waals surface area contributed by atoms with Crippen LogP contribution in [0.4, 0.5) is 0 Å². The lowest BCUT2D eigenvalue weighted by Crippen LogP contribution is -2.33. The zero-order chi connectivity index (χ0) is 36.4. The number of unbranched alkanes of at least 4 members (excludes halogenated alkanes) is 24. The van der Waals surface area contributed by atoms with Gasteiger partial charge in [0.1, 0.15) is 0 Å². The normalized spacial score (nSPS) is 12.2. The van der Waals surface area contributed by atoms with Gasteiger partial charge in [0.2, 0.25) is 11.8 Å². The van der Waals surface area contributed by atoms with Gasteiger partial charge in [-0.25, -0.2) is 9.98 Å². The van der Waals surface area contributed by atoms with E-state index < -0.39 is 0 Å². The summed E-state index contributed by atoms with van der Waals surface area (Å²) >= 11 is 0. The molecule has 0 aromatic carbocycles. The maximum Gasteiger partial charge on any atom is 0.246 e. The third kappa shape index (κ3) is 38.9. The highest BCUT2D eigenvalue weighted by Gasteiger charge is 2.09. The highest BCUT2D eigenvalue weighted by Crippen LogP contribution is 2.11. The van der Waals surface area contributed by atoms with Crippen molar-refractivity contribution in [3.63, 3.8) is 0 Å². The Hall–Kier alpha value is -1.92. The smallest absolute Gasteiger partial charge is 0.246 e. The Kier molecular flexibility index (Phi) is 39.9. The Morgan fingerprint density at radius 2 is 0.740 bits per heavy atom. The molecule has 0 aliphatic heterocycles. The van der Waals surface area contributed by atoms with Crippen LogP contribution in [0.1, 0.15) is 206 Å². The van der Waals surface area contributed by atoms with Gasteiger partial charge >= 0.3 is 0 Å². The van der Waals surface area contributed by atoms with Crippen molar-refractivity contribution in [2.45, 2.75) is 206 Å². The first kappa shape index (κ1) is 48.1. The lowest BCUT2D eigenvalue weighted by molar-refractivity contribution is -0.118. The second-order valence-electron chi connectivity index (χ2n) is 14.3. The molecule has 0 heterocycles. The first-order valence-corrected chi connectivity index (χ1v) is 21.5. The molecular formula is C44H82N4O2. The molecule has 2 amide bonds. The SMILES string of the molecule is CCCCCCCC/C=C\CCCCCCCC=NC(=O)CCN(CCN)CCC(=O)N=CCCCCCCC/C=C\CCCCCCCC. The molecule has 0 aliphatic carbocycles. The summed E-state index contributed by atoms with van der Waals surface area (Å²) in [5.74, 6) is -0.187. The maximum atomic E-state index is 12.3. The molecule has 0 saturated carbocycles. The van der Waals surface area contributed by atoms with Gasteiger partial charge in [-0.1, -0.05) is 141 Å². The second kappa shape index (κ2) is 41.5. The Morgan fingerprint density at radius 3 is 1.06 bits per heavy atom. The number of allylic oxidation sites excluding steroid dienone is 4. The Morgan fingerprint density at radius 1 is 0.440 bits per heavy atom. The lowest BCUT2D eigenvalue weighted by atomic mass is 10.1. The van der Waals surface area contributed by atoms with Crippen LogP contribution in [0.25, 0.3) is 0 Å². The Balaban J connectivity index is 3.75. The predicted octanol–water partition coefficient (Wildman–Crippen LogP) is 12.3. The zero-order valence-corrected chi connectivity index (χ0v) is 33.2. The molecule has 50 heavy (non-hydrogen) atoms. The topological polar surface area (TPSA) is 88.1 Å². The second-order valence-corrected chi connectivity index (χ2v) is 14.3. The summed E-state index contributed by atoms with van der Waals surface area (Å²) in [5, 5.41) is 0. The van der Waals surface area contributed by atoms with Crippen LogP contribution in [0.2, 0.25) is 0 Å². The highest BCUT2D eigenvalue weighted by molar-refractivity contribution is 5.85. The molecule has 0 rings (SSSR count). The van der Waals surface area contributed by atoms with Gasteiger partial charge < -0.3 is 10.6 Å². The molecule has 0 aromatic rings. The van der Waals surface area contributed by atoms with E-state index in [-0.39, 0.29) is 11.8 Å². The molecule has 0 unspecified atom stereocenters. The van der Waals surface area contributed by atoms with Gasteiger partial charge in [0.15, 0.2) is 0 Å². The van der Waals surface area contributed by atoms with E-state index in [1.165, 1.54) is 154 Å². The van der Waals surface area contributed by atoms with E-state index in [9.17, 15) is 9.59 Å². The van der Waals surface area contributed by atoms with Gasteiger partial charge in [-0.2, -0.15) is 0 Å². The molecule has 6 heteroatoms. The van der Waals surface area contributed by atoms with Crippen molar-refractivity contribution in [1.82, 2.24) is 4.90 Å². The van der Waals surface area contributed by atoms with Crippen molar-refractivity contribution in [2.75, 3.05) is 26.2 Å². The molecule has 0 radical (unpaired) electrons. The summed E-state index contributed by atoms with van der Waals surface area (Å²) in [4.78, 5) is 34.9. The van der Waals surface area contributed by atoms with Crippen molar-refractivity contribution in [3.05, 3.63) is 24.3 Å². The van der Waals surface area contributed by atoms with E-state index in [2.05, 4.69) is 53.0 Å². The number of aliphatic imine (C=N–C) groups is 2. The zero-order valence-electron chi connectivity index (χ0n) is 33.2. The van der Waals surface area contributed by atoms with Gasteiger partial charge in [-0.05, 0) is 77.0 Å². The van der Waals surface area contributed by atoms with Crippen molar-refractivity contribution in [1.29, 1.82) is 0 Å². The molecule has 0 spiro atoms. The van der Waals surface area contributed by atoms with E-state index in [1.54, 1.807) is 12.4 Å². The van der Waals surface area contributed by atoms with Crippen LogP contribution in [0.15, 0.2) is 34.3 Å². The van der Waals surface area contributed by atoms with Gasteiger partial charge in [-0.3, -0.25) is 9.59 Å². The van der Waals surface area contributed by atoms with Crippen LogP contribution < -0.4 is 5.73 Å². The average molecular weight is 699 g/mol. The largest absolute Gasteiger partial charge is 0.329 e. The highest BCUT2D eigenvalue weighted by atomic mass is 16.1. The summed E-state index contributed by atoms with van der Waals surface area (Å²) in [6.45, 7) is 6.86. The number of carbonyl (C=O) groups excluding carboxylic acids is 2. The van der Waals surface area contributed by atoms with Crippen molar-refractivity contribution in [3.8, 4) is 0 Å². The van der Waals surface area contributed by atoms with Crippen molar-refractivity contribution >= 4 is 24.2 Å². The standard InChI is InChI=1S/C44H82N4O2/c1-3-5-7-9-11-13-15-17-19-21-23-25-27-29-31-33-38-46-43(49)35-40-48(42-37-45)41-36-44(50)47-39-34-32-30-28-26-24-22-20-18-16-14-12-10-8-6-4-2/h17-20,38-39H,3-16,21-37,40-42,45H2,1-2H3/b19-17-,20-18-,46-38?,47-39?. The molecule has 0 aromatic heterocycles. The minimum absolute atomic E-state index is 0.0934. The van der Waals surface area contributed by atoms with Crippen LogP contribution in [-0.2, 0) is 9.59 Å². The minimum atomic E-state index is -0.0934. The summed E-state index contributed by atoms with van der Waals surface area (Å²) in [5.41, 5.74) is 5.78. The fourth-order valence-corrected chi connectivity index (χ4v) is 6.10. The van der Waals surface area contributed by atoms with Crippen LogP contribution in [-0.4, -0.2) is 55.3 Å². The summed E-state index contributed by atoms with van der Waals surface area (Å²) in [6.07, 6.45) is 49.0. The molecule has 2 N–H and O–H groups in total. The maximum absolute atomic E-state index is 12.3. The van der Waals surface area contributed by atoms with E-state index in [4.69, 9.17) is 5.73 Å². The summed E-state index contributed by atoms with van der Waals surface area (Å²) in [7, 11) is 0. The molecule has 0 fully saturated rings. The van der Waals surface area contributed by atoms with Crippen LogP contribution in [0.3, 0.4) is 0 Å². The molecule has 0 saturated heterocycles. The number of nitrogens with zero attached hydrogens (tertiary/aromatic N) is 3. The summed E-state index contributed by atoms with van der Waals surface area (Å²) < 4.78 is 0. The molecule has 0 atom stereocenters. The molecule has 0 aliphatic rings. The third-order valence-electron chi connectivity index (χ3n) is 9.39. The summed E-state index contributed by atoms with van der Waals surface area (Å²) in [6, 6.07) is 0. The Labute approximate surface area is 310 Å². The lowest BCUT2D eigenvalue weighted by Gasteiger charge is -2.19. The minimum Gasteiger partial charge on any atom is -0.329 e. The van der Waals surface area contributed by atoms with Crippen molar-refractivity contribution in [2.24, 2.45) is 15.7 Å². The van der Waals surface area contributed by atoms with Crippen LogP contribution in [0, 0.1) is 0 Å². The molecule has 290 valence electrons.